The normalized spacial score (nSPS) is 10.3. The zero-order valence-electron chi connectivity index (χ0n) is 15.8. The maximum absolute atomic E-state index is 12.5. The topological polar surface area (TPSA) is 61.8 Å². The van der Waals surface area contributed by atoms with Crippen LogP contribution in [0.5, 0.6) is 11.5 Å². The summed E-state index contributed by atoms with van der Waals surface area (Å²) < 4.78 is 17.0. The van der Waals surface area contributed by atoms with Crippen LogP contribution < -0.4 is 9.47 Å². The van der Waals surface area contributed by atoms with Crippen molar-refractivity contribution in [3.63, 3.8) is 0 Å². The molecule has 0 atom stereocenters. The lowest BCUT2D eigenvalue weighted by atomic mass is 10.1. The van der Waals surface area contributed by atoms with E-state index >= 15 is 0 Å². The summed E-state index contributed by atoms with van der Waals surface area (Å²) >= 11 is 3.39. The minimum Gasteiger partial charge on any atom is -0.492 e. The van der Waals surface area contributed by atoms with Crippen molar-refractivity contribution in [1.29, 1.82) is 0 Å². The van der Waals surface area contributed by atoms with Crippen LogP contribution in [0, 0.1) is 0 Å². The first-order valence-electron chi connectivity index (χ1n) is 8.88. The van der Waals surface area contributed by atoms with Gasteiger partial charge >= 0.3 is 5.97 Å². The Labute approximate surface area is 177 Å². The van der Waals surface area contributed by atoms with Gasteiger partial charge in [-0.2, -0.15) is 0 Å². The zero-order chi connectivity index (χ0) is 20.6. The van der Waals surface area contributed by atoms with E-state index in [1.165, 1.54) is 7.11 Å². The Bertz CT molecular complexity index is 987. The summed E-state index contributed by atoms with van der Waals surface area (Å²) in [5.41, 5.74) is 1.72. The van der Waals surface area contributed by atoms with E-state index in [-0.39, 0.29) is 18.0 Å². The number of rotatable bonds is 8. The van der Waals surface area contributed by atoms with E-state index in [1.807, 2.05) is 36.4 Å². The molecule has 0 saturated heterocycles. The van der Waals surface area contributed by atoms with Gasteiger partial charge in [0.25, 0.3) is 0 Å². The number of ether oxygens (including phenoxy) is 3. The highest BCUT2D eigenvalue weighted by molar-refractivity contribution is 9.10. The Morgan fingerprint density at radius 3 is 2.21 bits per heavy atom. The molecule has 3 aromatic rings. The number of esters is 1. The van der Waals surface area contributed by atoms with E-state index in [1.54, 1.807) is 36.4 Å². The third-order valence-electron chi connectivity index (χ3n) is 4.12. The third kappa shape index (κ3) is 5.45. The molecule has 29 heavy (non-hydrogen) atoms. The number of Topliss-reactive ketones (excluding diaryl/α,β-unsaturated/α-hetero) is 1. The number of carbonyl (C=O) groups is 2. The fourth-order valence-electron chi connectivity index (χ4n) is 2.65. The van der Waals surface area contributed by atoms with Crippen molar-refractivity contribution < 1.29 is 23.8 Å². The Morgan fingerprint density at radius 1 is 0.897 bits per heavy atom. The van der Waals surface area contributed by atoms with E-state index < -0.39 is 5.97 Å². The van der Waals surface area contributed by atoms with Crippen LogP contribution >= 0.6 is 15.9 Å². The minimum atomic E-state index is -0.623. The van der Waals surface area contributed by atoms with Crippen molar-refractivity contribution in [3.8, 4) is 11.5 Å². The molecule has 0 bridgehead atoms. The highest BCUT2D eigenvalue weighted by Crippen LogP contribution is 2.37. The highest BCUT2D eigenvalue weighted by Gasteiger charge is 2.18. The summed E-state index contributed by atoms with van der Waals surface area (Å²) in [4.78, 5) is 24.6. The van der Waals surface area contributed by atoms with Crippen LogP contribution in [0.2, 0.25) is 0 Å². The molecule has 3 rings (SSSR count). The van der Waals surface area contributed by atoms with Crippen molar-refractivity contribution in [2.45, 2.75) is 6.61 Å². The molecule has 6 heteroatoms. The van der Waals surface area contributed by atoms with E-state index in [2.05, 4.69) is 15.9 Å². The fraction of sp³-hybridized carbons (Fsp3) is 0.130. The van der Waals surface area contributed by atoms with Gasteiger partial charge in [0.2, 0.25) is 0 Å². The van der Waals surface area contributed by atoms with E-state index in [0.717, 1.165) is 5.56 Å². The molecule has 0 saturated carbocycles. The summed E-state index contributed by atoms with van der Waals surface area (Å²) in [5.74, 6) is -0.0285. The van der Waals surface area contributed by atoms with Gasteiger partial charge in [-0.25, -0.2) is 4.79 Å². The molecular weight excluding hydrogens is 436 g/mol. The standard InChI is InChI=1S/C23H19BrO5/c1-27-22-19(24)12-18(13-21(22)28-14-16-8-4-2-5-9-16)23(26)29-15-20(25)17-10-6-3-7-11-17/h2-13H,14-15H2,1H3. The van der Waals surface area contributed by atoms with Gasteiger partial charge in [-0.05, 0) is 33.6 Å². The molecule has 3 aromatic carbocycles. The summed E-state index contributed by atoms with van der Waals surface area (Å²) in [6.07, 6.45) is 0. The second-order valence-corrected chi connectivity index (χ2v) is 6.98. The number of hydrogen-bond acceptors (Lipinski definition) is 5. The number of halogens is 1. The van der Waals surface area contributed by atoms with Crippen LogP contribution in [-0.4, -0.2) is 25.5 Å². The van der Waals surface area contributed by atoms with Gasteiger partial charge in [0.1, 0.15) is 6.61 Å². The second kappa shape index (κ2) is 9.89. The zero-order valence-corrected chi connectivity index (χ0v) is 17.3. The summed E-state index contributed by atoms with van der Waals surface area (Å²) in [5, 5.41) is 0. The van der Waals surface area contributed by atoms with Crippen LogP contribution in [0.4, 0.5) is 0 Å². The fourth-order valence-corrected chi connectivity index (χ4v) is 3.25. The average molecular weight is 455 g/mol. The molecule has 148 valence electrons. The van der Waals surface area contributed by atoms with Gasteiger partial charge in [-0.15, -0.1) is 0 Å². The van der Waals surface area contributed by atoms with Gasteiger partial charge in [0.05, 0.1) is 17.1 Å². The number of benzene rings is 3. The largest absolute Gasteiger partial charge is 0.492 e. The van der Waals surface area contributed by atoms with Crippen molar-refractivity contribution in [3.05, 3.63) is 94.0 Å². The number of hydrogen-bond donors (Lipinski definition) is 0. The predicted octanol–water partition coefficient (Wildman–Crippen LogP) is 5.08. The lowest BCUT2D eigenvalue weighted by molar-refractivity contribution is 0.0474. The van der Waals surface area contributed by atoms with Crippen molar-refractivity contribution in [2.24, 2.45) is 0 Å². The van der Waals surface area contributed by atoms with Crippen molar-refractivity contribution in [2.75, 3.05) is 13.7 Å². The smallest absolute Gasteiger partial charge is 0.338 e. The first-order valence-corrected chi connectivity index (χ1v) is 9.67. The van der Waals surface area contributed by atoms with Crippen LogP contribution in [0.1, 0.15) is 26.3 Å². The molecule has 0 unspecified atom stereocenters. The molecule has 0 heterocycles. The first kappa shape index (κ1) is 20.6. The quantitative estimate of drug-likeness (QED) is 0.350. The monoisotopic (exact) mass is 454 g/mol. The van der Waals surface area contributed by atoms with E-state index in [0.29, 0.717) is 28.1 Å². The molecule has 0 spiro atoms. The molecule has 0 amide bonds. The highest BCUT2D eigenvalue weighted by atomic mass is 79.9. The molecular formula is C23H19BrO5. The predicted molar refractivity (Wildman–Crippen MR) is 113 cm³/mol. The van der Waals surface area contributed by atoms with Crippen LogP contribution in [0.15, 0.2) is 77.3 Å². The average Bonchev–Trinajstić information content (AvgIpc) is 2.76. The molecule has 0 fully saturated rings. The molecule has 0 radical (unpaired) electrons. The Morgan fingerprint density at radius 2 is 1.55 bits per heavy atom. The second-order valence-electron chi connectivity index (χ2n) is 6.13. The summed E-state index contributed by atoms with van der Waals surface area (Å²) in [6, 6.07) is 21.4. The van der Waals surface area contributed by atoms with Crippen molar-refractivity contribution in [1.82, 2.24) is 0 Å². The van der Waals surface area contributed by atoms with Crippen LogP contribution in [0.25, 0.3) is 0 Å². The lowest BCUT2D eigenvalue weighted by Crippen LogP contribution is -2.14. The number of ketones is 1. The maximum Gasteiger partial charge on any atom is 0.338 e. The molecule has 5 nitrogen and oxygen atoms in total. The van der Waals surface area contributed by atoms with Gasteiger partial charge < -0.3 is 14.2 Å². The number of carbonyl (C=O) groups excluding carboxylic acids is 2. The lowest BCUT2D eigenvalue weighted by Gasteiger charge is -2.14. The van der Waals surface area contributed by atoms with Crippen LogP contribution in [-0.2, 0) is 11.3 Å². The van der Waals surface area contributed by atoms with E-state index in [4.69, 9.17) is 14.2 Å². The van der Waals surface area contributed by atoms with Gasteiger partial charge in [0.15, 0.2) is 23.9 Å². The Kier molecular flexibility index (Phi) is 7.03. The SMILES string of the molecule is COc1c(Br)cc(C(=O)OCC(=O)c2ccccc2)cc1OCc1ccccc1. The van der Waals surface area contributed by atoms with Gasteiger partial charge in [-0.3, -0.25) is 4.79 Å². The van der Waals surface area contributed by atoms with Gasteiger partial charge in [0, 0.05) is 5.56 Å². The number of methoxy groups -OCH3 is 1. The minimum absolute atomic E-state index is 0.251. The summed E-state index contributed by atoms with van der Waals surface area (Å²) in [6.45, 7) is -0.0265. The molecule has 0 N–H and O–H groups in total. The molecule has 0 aliphatic carbocycles. The third-order valence-corrected chi connectivity index (χ3v) is 4.71. The summed E-state index contributed by atoms with van der Waals surface area (Å²) in [7, 11) is 1.52. The van der Waals surface area contributed by atoms with Gasteiger partial charge in [-0.1, -0.05) is 60.7 Å². The molecule has 0 aliphatic rings. The maximum atomic E-state index is 12.5. The van der Waals surface area contributed by atoms with Crippen LogP contribution in [0.3, 0.4) is 0 Å². The molecule has 0 aromatic heterocycles. The first-order chi connectivity index (χ1) is 14.1. The van der Waals surface area contributed by atoms with E-state index in [9.17, 15) is 9.59 Å². The Balaban J connectivity index is 1.72. The van der Waals surface area contributed by atoms with Crippen molar-refractivity contribution >= 4 is 27.7 Å². The Hall–Kier alpha value is -3.12. The molecule has 0 aliphatic heterocycles.